The fraction of sp³-hybridized carbons (Fsp3) is 0.800. The normalized spacial score (nSPS) is 17.4. The number of rotatable bonds is 4. The Hall–Kier alpha value is -1.10. The van der Waals surface area contributed by atoms with E-state index in [1.54, 1.807) is 4.90 Å². The van der Waals surface area contributed by atoms with Gasteiger partial charge in [-0.3, -0.25) is 9.59 Å². The van der Waals surface area contributed by atoms with E-state index >= 15 is 0 Å². The summed E-state index contributed by atoms with van der Waals surface area (Å²) in [5.74, 6) is -0.920. The Kier molecular flexibility index (Phi) is 4.55. The average Bonchev–Trinajstić information content (AvgIpc) is 2.18. The van der Waals surface area contributed by atoms with Crippen LogP contribution in [0.15, 0.2) is 0 Å². The van der Waals surface area contributed by atoms with Gasteiger partial charge in [-0.05, 0) is 12.8 Å². The van der Waals surface area contributed by atoms with Gasteiger partial charge >= 0.3 is 5.97 Å². The van der Waals surface area contributed by atoms with Gasteiger partial charge in [0.2, 0.25) is 5.91 Å². The molecule has 1 fully saturated rings. The summed E-state index contributed by atoms with van der Waals surface area (Å²) in [5.41, 5.74) is 0. The van der Waals surface area contributed by atoms with Gasteiger partial charge in [-0.25, -0.2) is 0 Å². The Bertz CT molecular complexity index is 236. The molecule has 0 aliphatic carbocycles. The molecule has 5 nitrogen and oxygen atoms in total. The lowest BCUT2D eigenvalue weighted by Gasteiger charge is -2.33. The molecule has 1 saturated heterocycles. The molecule has 0 atom stereocenters. The van der Waals surface area contributed by atoms with Crippen molar-refractivity contribution in [2.45, 2.75) is 32.2 Å². The second-order valence-corrected chi connectivity index (χ2v) is 3.70. The molecule has 1 heterocycles. The molecule has 0 bridgehead atoms. The predicted molar refractivity (Wildman–Crippen MR) is 53.5 cm³/mol. The maximum absolute atomic E-state index is 11.3. The molecule has 15 heavy (non-hydrogen) atoms. The van der Waals surface area contributed by atoms with E-state index in [1.807, 2.05) is 0 Å². The zero-order valence-corrected chi connectivity index (χ0v) is 8.94. The molecule has 0 saturated carbocycles. The molecular weight excluding hydrogens is 198 g/mol. The van der Waals surface area contributed by atoms with E-state index in [4.69, 9.17) is 9.84 Å². The Morgan fingerprint density at radius 3 is 2.47 bits per heavy atom. The van der Waals surface area contributed by atoms with Crippen molar-refractivity contribution in [3.8, 4) is 0 Å². The zero-order valence-electron chi connectivity index (χ0n) is 8.94. The van der Waals surface area contributed by atoms with Crippen molar-refractivity contribution in [2.75, 3.05) is 19.8 Å². The highest BCUT2D eigenvalue weighted by atomic mass is 16.5. The average molecular weight is 215 g/mol. The monoisotopic (exact) mass is 215 g/mol. The molecule has 1 rings (SSSR count). The molecule has 0 aromatic carbocycles. The minimum atomic E-state index is -0.867. The number of ether oxygens (including phenoxy) is 1. The number of hydrogen-bond donors (Lipinski definition) is 1. The first-order valence-electron chi connectivity index (χ1n) is 5.18. The van der Waals surface area contributed by atoms with Gasteiger partial charge in [0.05, 0.1) is 6.42 Å². The van der Waals surface area contributed by atoms with Crippen LogP contribution in [0.2, 0.25) is 0 Å². The summed E-state index contributed by atoms with van der Waals surface area (Å²) >= 11 is 0. The van der Waals surface area contributed by atoms with Crippen LogP contribution in [-0.2, 0) is 14.3 Å². The molecule has 5 heteroatoms. The van der Waals surface area contributed by atoms with Crippen LogP contribution in [0.5, 0.6) is 0 Å². The molecule has 0 spiro atoms. The molecule has 0 aromatic rings. The smallest absolute Gasteiger partial charge is 0.305 e. The molecule has 1 N–H and O–H groups in total. The van der Waals surface area contributed by atoms with Crippen molar-refractivity contribution in [2.24, 2.45) is 0 Å². The van der Waals surface area contributed by atoms with E-state index < -0.39 is 5.97 Å². The van der Waals surface area contributed by atoms with E-state index in [0.29, 0.717) is 19.8 Å². The first-order valence-corrected chi connectivity index (χ1v) is 5.18. The number of aliphatic carboxylic acids is 1. The van der Waals surface area contributed by atoms with E-state index in [9.17, 15) is 9.59 Å². The van der Waals surface area contributed by atoms with E-state index in [-0.39, 0.29) is 18.4 Å². The van der Waals surface area contributed by atoms with Gasteiger partial charge in [-0.15, -0.1) is 0 Å². The Morgan fingerprint density at radius 2 is 2.00 bits per heavy atom. The summed E-state index contributed by atoms with van der Waals surface area (Å²) in [4.78, 5) is 23.4. The van der Waals surface area contributed by atoms with Gasteiger partial charge in [0, 0.05) is 32.7 Å². The summed E-state index contributed by atoms with van der Waals surface area (Å²) in [6.07, 6.45) is 1.62. The Labute approximate surface area is 89.0 Å². The molecule has 86 valence electrons. The molecule has 1 aliphatic rings. The molecule has 0 aromatic heterocycles. The number of nitrogens with zero attached hydrogens (tertiary/aromatic N) is 1. The minimum absolute atomic E-state index is 0.0109. The third-order valence-electron chi connectivity index (χ3n) is 2.60. The largest absolute Gasteiger partial charge is 0.481 e. The van der Waals surface area contributed by atoms with Gasteiger partial charge in [-0.1, -0.05) is 0 Å². The fourth-order valence-electron chi connectivity index (χ4n) is 1.81. The Morgan fingerprint density at radius 1 is 1.40 bits per heavy atom. The summed E-state index contributed by atoms with van der Waals surface area (Å²) < 4.78 is 5.20. The van der Waals surface area contributed by atoms with Crippen molar-refractivity contribution < 1.29 is 19.4 Å². The Balaban J connectivity index is 2.48. The topological polar surface area (TPSA) is 66.8 Å². The van der Waals surface area contributed by atoms with Crippen LogP contribution < -0.4 is 0 Å². The van der Waals surface area contributed by atoms with Gasteiger partial charge in [-0.2, -0.15) is 0 Å². The van der Waals surface area contributed by atoms with Crippen LogP contribution in [0, 0.1) is 0 Å². The maximum Gasteiger partial charge on any atom is 0.305 e. The van der Waals surface area contributed by atoms with Crippen LogP contribution >= 0.6 is 0 Å². The summed E-state index contributed by atoms with van der Waals surface area (Å²) in [6.45, 7) is 3.09. The highest BCUT2D eigenvalue weighted by molar-refractivity contribution is 5.74. The summed E-state index contributed by atoms with van der Waals surface area (Å²) in [6, 6.07) is 0.149. The maximum atomic E-state index is 11.3. The number of amides is 1. The number of carboxylic acids is 1. The van der Waals surface area contributed by atoms with Crippen molar-refractivity contribution in [1.82, 2.24) is 4.90 Å². The number of hydrogen-bond acceptors (Lipinski definition) is 3. The minimum Gasteiger partial charge on any atom is -0.481 e. The van der Waals surface area contributed by atoms with Gasteiger partial charge in [0.25, 0.3) is 0 Å². The summed E-state index contributed by atoms with van der Waals surface area (Å²) in [7, 11) is 0. The third-order valence-corrected chi connectivity index (χ3v) is 2.60. The van der Waals surface area contributed by atoms with Crippen LogP contribution in [0.25, 0.3) is 0 Å². The van der Waals surface area contributed by atoms with Crippen LogP contribution in [-0.4, -0.2) is 47.7 Å². The first kappa shape index (κ1) is 12.0. The molecule has 1 amide bonds. The molecule has 0 radical (unpaired) electrons. The highest BCUT2D eigenvalue weighted by Crippen LogP contribution is 2.14. The van der Waals surface area contributed by atoms with Crippen molar-refractivity contribution in [3.63, 3.8) is 0 Å². The molecule has 0 unspecified atom stereocenters. The van der Waals surface area contributed by atoms with Gasteiger partial charge in [0.15, 0.2) is 0 Å². The lowest BCUT2D eigenvalue weighted by atomic mass is 10.1. The lowest BCUT2D eigenvalue weighted by Crippen LogP contribution is -2.43. The van der Waals surface area contributed by atoms with Crippen LogP contribution in [0.4, 0.5) is 0 Å². The quantitative estimate of drug-likeness (QED) is 0.741. The van der Waals surface area contributed by atoms with Crippen LogP contribution in [0.1, 0.15) is 26.2 Å². The van der Waals surface area contributed by atoms with E-state index in [1.165, 1.54) is 6.92 Å². The standard InChI is InChI=1S/C10H17NO4/c1-8(12)11(5-2-10(13)14)9-3-6-15-7-4-9/h9H,2-7H2,1H3,(H,13,14). The predicted octanol–water partition coefficient (Wildman–Crippen LogP) is 0.489. The van der Waals surface area contributed by atoms with Gasteiger partial charge in [0.1, 0.15) is 0 Å². The molecule has 1 aliphatic heterocycles. The second kappa shape index (κ2) is 5.70. The van der Waals surface area contributed by atoms with E-state index in [0.717, 1.165) is 12.8 Å². The summed E-state index contributed by atoms with van der Waals surface area (Å²) in [5, 5.41) is 8.58. The number of carbonyl (C=O) groups excluding carboxylic acids is 1. The van der Waals surface area contributed by atoms with Crippen molar-refractivity contribution >= 4 is 11.9 Å². The highest BCUT2D eigenvalue weighted by Gasteiger charge is 2.23. The van der Waals surface area contributed by atoms with Crippen molar-refractivity contribution in [1.29, 1.82) is 0 Å². The second-order valence-electron chi connectivity index (χ2n) is 3.70. The number of carbonyl (C=O) groups is 2. The van der Waals surface area contributed by atoms with E-state index in [2.05, 4.69) is 0 Å². The zero-order chi connectivity index (χ0) is 11.3. The first-order chi connectivity index (χ1) is 7.11. The third kappa shape index (κ3) is 3.87. The number of carboxylic acid groups (broad SMARTS) is 1. The SMILES string of the molecule is CC(=O)N(CCC(=O)O)C1CCOCC1. The van der Waals surface area contributed by atoms with Crippen LogP contribution in [0.3, 0.4) is 0 Å². The molecular formula is C10H17NO4. The lowest BCUT2D eigenvalue weighted by molar-refractivity contribution is -0.139. The fourth-order valence-corrected chi connectivity index (χ4v) is 1.81. The van der Waals surface area contributed by atoms with Gasteiger partial charge < -0.3 is 14.7 Å². The van der Waals surface area contributed by atoms with Crippen molar-refractivity contribution in [3.05, 3.63) is 0 Å².